The predicted molar refractivity (Wildman–Crippen MR) is 70.2 cm³/mol. The molecule has 0 bridgehead atoms. The van der Waals surface area contributed by atoms with Gasteiger partial charge in [-0.3, -0.25) is 4.90 Å². The molecule has 18 heavy (non-hydrogen) atoms. The molecule has 0 aliphatic carbocycles. The standard InChI is InChI=1S/C14H22F2N2/c1-14(2,3)9-18(4)13(8-17)11-6-5-10(15)7-12(11)16/h5-7,13H,8-9,17H2,1-4H3. The van der Waals surface area contributed by atoms with Crippen LogP contribution in [0.4, 0.5) is 8.78 Å². The Labute approximate surface area is 108 Å². The summed E-state index contributed by atoms with van der Waals surface area (Å²) in [6.45, 7) is 7.41. The second-order valence-electron chi connectivity index (χ2n) is 5.89. The van der Waals surface area contributed by atoms with E-state index in [0.717, 1.165) is 12.6 Å². The quantitative estimate of drug-likeness (QED) is 0.897. The first-order valence-corrected chi connectivity index (χ1v) is 6.10. The van der Waals surface area contributed by atoms with E-state index in [-0.39, 0.29) is 11.5 Å². The van der Waals surface area contributed by atoms with Crippen molar-refractivity contribution < 1.29 is 8.78 Å². The number of rotatable bonds is 4. The first kappa shape index (κ1) is 15.1. The van der Waals surface area contributed by atoms with Crippen LogP contribution in [-0.2, 0) is 0 Å². The summed E-state index contributed by atoms with van der Waals surface area (Å²) in [5.41, 5.74) is 6.28. The van der Waals surface area contributed by atoms with Crippen LogP contribution in [-0.4, -0.2) is 25.0 Å². The molecule has 0 aliphatic heterocycles. The van der Waals surface area contributed by atoms with Crippen molar-refractivity contribution in [2.75, 3.05) is 20.1 Å². The van der Waals surface area contributed by atoms with Gasteiger partial charge in [0.1, 0.15) is 11.6 Å². The molecule has 102 valence electrons. The maximum Gasteiger partial charge on any atom is 0.130 e. The van der Waals surface area contributed by atoms with Crippen LogP contribution in [0.3, 0.4) is 0 Å². The molecule has 0 saturated heterocycles. The number of likely N-dealkylation sites (N-methyl/N-ethyl adjacent to an activating group) is 1. The van der Waals surface area contributed by atoms with Gasteiger partial charge >= 0.3 is 0 Å². The maximum atomic E-state index is 13.8. The molecule has 1 rings (SSSR count). The fourth-order valence-corrected chi connectivity index (χ4v) is 2.17. The van der Waals surface area contributed by atoms with Crippen LogP contribution in [0.25, 0.3) is 0 Å². The molecule has 0 aliphatic rings. The van der Waals surface area contributed by atoms with Crippen molar-refractivity contribution in [2.45, 2.75) is 26.8 Å². The van der Waals surface area contributed by atoms with Crippen molar-refractivity contribution in [2.24, 2.45) is 11.1 Å². The molecule has 1 aromatic rings. The normalized spacial score (nSPS) is 14.0. The summed E-state index contributed by atoms with van der Waals surface area (Å²) in [6.07, 6.45) is 0. The minimum atomic E-state index is -0.564. The number of benzene rings is 1. The molecule has 0 spiro atoms. The molecule has 1 atom stereocenters. The number of nitrogens with zero attached hydrogens (tertiary/aromatic N) is 1. The van der Waals surface area contributed by atoms with Gasteiger partial charge in [0.2, 0.25) is 0 Å². The van der Waals surface area contributed by atoms with Gasteiger partial charge in [-0.15, -0.1) is 0 Å². The third kappa shape index (κ3) is 4.03. The summed E-state index contributed by atoms with van der Waals surface area (Å²) in [5, 5.41) is 0. The van der Waals surface area contributed by atoms with E-state index < -0.39 is 11.6 Å². The van der Waals surface area contributed by atoms with Crippen molar-refractivity contribution in [3.63, 3.8) is 0 Å². The highest BCUT2D eigenvalue weighted by molar-refractivity contribution is 5.22. The number of hydrogen-bond acceptors (Lipinski definition) is 2. The Morgan fingerprint density at radius 2 is 1.89 bits per heavy atom. The minimum absolute atomic E-state index is 0.0959. The molecule has 0 heterocycles. The lowest BCUT2D eigenvalue weighted by Crippen LogP contribution is -2.36. The molecule has 1 unspecified atom stereocenters. The lowest BCUT2D eigenvalue weighted by Gasteiger charge is -2.33. The molecule has 2 nitrogen and oxygen atoms in total. The summed E-state index contributed by atoms with van der Waals surface area (Å²) in [5.74, 6) is -1.10. The average molecular weight is 256 g/mol. The number of halogens is 2. The lowest BCUT2D eigenvalue weighted by molar-refractivity contribution is 0.173. The molecular formula is C14H22F2N2. The summed E-state index contributed by atoms with van der Waals surface area (Å²) in [4.78, 5) is 2.01. The third-order valence-electron chi connectivity index (χ3n) is 2.80. The molecular weight excluding hydrogens is 234 g/mol. The smallest absolute Gasteiger partial charge is 0.130 e. The van der Waals surface area contributed by atoms with Crippen LogP contribution in [0.1, 0.15) is 32.4 Å². The molecule has 4 heteroatoms. The zero-order chi connectivity index (χ0) is 13.9. The molecule has 0 fully saturated rings. The molecule has 0 saturated carbocycles. The van der Waals surface area contributed by atoms with Gasteiger partial charge in [0, 0.05) is 30.8 Å². The molecule has 1 aromatic carbocycles. The molecule has 0 amide bonds. The van der Waals surface area contributed by atoms with Gasteiger partial charge in [0.15, 0.2) is 0 Å². The van der Waals surface area contributed by atoms with Gasteiger partial charge in [0.05, 0.1) is 0 Å². The van der Waals surface area contributed by atoms with Gasteiger partial charge in [-0.2, -0.15) is 0 Å². The van der Waals surface area contributed by atoms with E-state index in [4.69, 9.17) is 5.73 Å². The number of nitrogens with two attached hydrogens (primary N) is 1. The molecule has 0 aromatic heterocycles. The van der Waals surface area contributed by atoms with Crippen LogP contribution in [0.5, 0.6) is 0 Å². The van der Waals surface area contributed by atoms with Crippen LogP contribution in [0.15, 0.2) is 18.2 Å². The van der Waals surface area contributed by atoms with E-state index >= 15 is 0 Å². The lowest BCUT2D eigenvalue weighted by atomic mass is 9.94. The highest BCUT2D eigenvalue weighted by atomic mass is 19.1. The Morgan fingerprint density at radius 3 is 2.33 bits per heavy atom. The predicted octanol–water partition coefficient (Wildman–Crippen LogP) is 2.94. The highest BCUT2D eigenvalue weighted by Gasteiger charge is 2.23. The first-order chi connectivity index (χ1) is 8.24. The Kier molecular flexibility index (Phi) is 4.82. The van der Waals surface area contributed by atoms with Gasteiger partial charge in [-0.25, -0.2) is 8.78 Å². The van der Waals surface area contributed by atoms with E-state index in [2.05, 4.69) is 20.8 Å². The van der Waals surface area contributed by atoms with Crippen molar-refractivity contribution in [3.8, 4) is 0 Å². The fourth-order valence-electron chi connectivity index (χ4n) is 2.17. The van der Waals surface area contributed by atoms with E-state index in [1.165, 1.54) is 12.1 Å². The van der Waals surface area contributed by atoms with E-state index in [1.807, 2.05) is 11.9 Å². The van der Waals surface area contributed by atoms with E-state index in [1.54, 1.807) is 0 Å². The Balaban J connectivity index is 2.95. The van der Waals surface area contributed by atoms with Gasteiger partial charge in [-0.1, -0.05) is 26.8 Å². The molecule has 2 N–H and O–H groups in total. The minimum Gasteiger partial charge on any atom is -0.329 e. The number of hydrogen-bond donors (Lipinski definition) is 1. The topological polar surface area (TPSA) is 29.3 Å². The SMILES string of the molecule is CN(CC(C)(C)C)C(CN)c1ccc(F)cc1F. The zero-order valence-corrected chi connectivity index (χ0v) is 11.5. The van der Waals surface area contributed by atoms with Gasteiger partial charge in [0.25, 0.3) is 0 Å². The summed E-state index contributed by atoms with van der Waals surface area (Å²) in [7, 11) is 1.91. The van der Waals surface area contributed by atoms with Gasteiger partial charge < -0.3 is 5.73 Å². The Morgan fingerprint density at radius 1 is 1.28 bits per heavy atom. The zero-order valence-electron chi connectivity index (χ0n) is 11.5. The van der Waals surface area contributed by atoms with E-state index in [0.29, 0.717) is 12.1 Å². The van der Waals surface area contributed by atoms with Crippen LogP contribution < -0.4 is 5.73 Å². The second-order valence-corrected chi connectivity index (χ2v) is 5.89. The Hall–Kier alpha value is -1.00. The van der Waals surface area contributed by atoms with Crippen molar-refractivity contribution in [1.29, 1.82) is 0 Å². The monoisotopic (exact) mass is 256 g/mol. The van der Waals surface area contributed by atoms with Crippen LogP contribution >= 0.6 is 0 Å². The van der Waals surface area contributed by atoms with E-state index in [9.17, 15) is 8.78 Å². The fraction of sp³-hybridized carbons (Fsp3) is 0.571. The van der Waals surface area contributed by atoms with Crippen molar-refractivity contribution in [3.05, 3.63) is 35.4 Å². The molecule has 0 radical (unpaired) electrons. The summed E-state index contributed by atoms with van der Waals surface area (Å²) in [6, 6.07) is 3.42. The average Bonchev–Trinajstić information content (AvgIpc) is 2.19. The summed E-state index contributed by atoms with van der Waals surface area (Å²) < 4.78 is 26.7. The van der Waals surface area contributed by atoms with Crippen molar-refractivity contribution >= 4 is 0 Å². The largest absolute Gasteiger partial charge is 0.329 e. The second kappa shape index (κ2) is 5.76. The van der Waals surface area contributed by atoms with Crippen molar-refractivity contribution in [1.82, 2.24) is 4.90 Å². The van der Waals surface area contributed by atoms with Crippen LogP contribution in [0, 0.1) is 17.0 Å². The Bertz CT molecular complexity index is 399. The third-order valence-corrected chi connectivity index (χ3v) is 2.80. The maximum absolute atomic E-state index is 13.8. The highest BCUT2D eigenvalue weighted by Crippen LogP contribution is 2.25. The first-order valence-electron chi connectivity index (χ1n) is 6.10. The summed E-state index contributed by atoms with van der Waals surface area (Å²) >= 11 is 0. The van der Waals surface area contributed by atoms with Crippen LogP contribution in [0.2, 0.25) is 0 Å². The van der Waals surface area contributed by atoms with Gasteiger partial charge in [-0.05, 0) is 18.5 Å².